The van der Waals surface area contributed by atoms with E-state index < -0.39 is 5.60 Å². The number of nitrogens with one attached hydrogen (secondary N) is 2. The van der Waals surface area contributed by atoms with Gasteiger partial charge in [0, 0.05) is 5.69 Å². The summed E-state index contributed by atoms with van der Waals surface area (Å²) >= 11 is 1.52. The molecule has 4 nitrogen and oxygen atoms in total. The molecule has 2 amide bonds. The molecule has 1 heterocycles. The van der Waals surface area contributed by atoms with E-state index in [1.165, 1.54) is 16.9 Å². The molecule has 0 aliphatic carbocycles. The molecule has 2 aromatic rings. The van der Waals surface area contributed by atoms with Gasteiger partial charge in [-0.2, -0.15) is 11.3 Å². The summed E-state index contributed by atoms with van der Waals surface area (Å²) in [5, 5.41) is 19.8. The summed E-state index contributed by atoms with van der Waals surface area (Å²) < 4.78 is 0. The summed E-state index contributed by atoms with van der Waals surface area (Å²) in [5.41, 5.74) is 3.77. The summed E-state index contributed by atoms with van der Waals surface area (Å²) in [6.45, 7) is 7.81. The zero-order chi connectivity index (χ0) is 16.3. The van der Waals surface area contributed by atoms with Crippen molar-refractivity contribution in [2.24, 2.45) is 0 Å². The van der Waals surface area contributed by atoms with Crippen molar-refractivity contribution in [3.8, 4) is 0 Å². The van der Waals surface area contributed by atoms with Gasteiger partial charge < -0.3 is 15.7 Å². The highest BCUT2D eigenvalue weighted by Crippen LogP contribution is 2.23. The van der Waals surface area contributed by atoms with Gasteiger partial charge in [0.2, 0.25) is 0 Å². The Labute approximate surface area is 135 Å². The molecular formula is C17H22N2O2S. The van der Waals surface area contributed by atoms with Crippen LogP contribution in [0.25, 0.3) is 0 Å². The van der Waals surface area contributed by atoms with Gasteiger partial charge in [0.25, 0.3) is 0 Å². The lowest BCUT2D eigenvalue weighted by molar-refractivity contribution is 0.0604. The van der Waals surface area contributed by atoms with Crippen molar-refractivity contribution in [3.05, 3.63) is 51.2 Å². The molecule has 2 rings (SSSR count). The number of anilines is 1. The number of benzene rings is 1. The quantitative estimate of drug-likeness (QED) is 0.805. The van der Waals surface area contributed by atoms with E-state index in [9.17, 15) is 9.90 Å². The maximum atomic E-state index is 12.1. The fourth-order valence-corrected chi connectivity index (χ4v) is 3.24. The van der Waals surface area contributed by atoms with Gasteiger partial charge in [0.05, 0.1) is 6.54 Å². The Morgan fingerprint density at radius 1 is 1.27 bits per heavy atom. The lowest BCUT2D eigenvalue weighted by Crippen LogP contribution is -2.40. The van der Waals surface area contributed by atoms with Crippen molar-refractivity contribution >= 4 is 23.1 Å². The molecule has 0 radical (unpaired) electrons. The van der Waals surface area contributed by atoms with Crippen LogP contribution < -0.4 is 10.6 Å². The first-order valence-electron chi connectivity index (χ1n) is 7.17. The van der Waals surface area contributed by atoms with E-state index in [1.807, 2.05) is 49.7 Å². The maximum Gasteiger partial charge on any atom is 0.319 e. The lowest BCUT2D eigenvalue weighted by atomic mass is 9.99. The molecule has 3 N–H and O–H groups in total. The molecule has 1 aromatic heterocycles. The predicted molar refractivity (Wildman–Crippen MR) is 91.6 cm³/mol. The average molecular weight is 318 g/mol. The van der Waals surface area contributed by atoms with Crippen molar-refractivity contribution in [2.75, 3.05) is 11.9 Å². The largest absolute Gasteiger partial charge is 0.384 e. The Kier molecular flexibility index (Phi) is 4.88. The monoisotopic (exact) mass is 318 g/mol. The van der Waals surface area contributed by atoms with Crippen LogP contribution in [0.4, 0.5) is 10.5 Å². The van der Waals surface area contributed by atoms with Crippen molar-refractivity contribution in [1.82, 2.24) is 5.32 Å². The van der Waals surface area contributed by atoms with Crippen LogP contribution in [0.5, 0.6) is 0 Å². The molecule has 118 valence electrons. The minimum Gasteiger partial charge on any atom is -0.384 e. The molecular weight excluding hydrogens is 296 g/mol. The normalized spacial score (nSPS) is 13.5. The maximum absolute atomic E-state index is 12.1. The molecule has 1 aromatic carbocycles. The molecule has 22 heavy (non-hydrogen) atoms. The smallest absolute Gasteiger partial charge is 0.319 e. The average Bonchev–Trinajstić information content (AvgIpc) is 2.95. The number of hydrogen-bond acceptors (Lipinski definition) is 3. The van der Waals surface area contributed by atoms with E-state index in [2.05, 4.69) is 10.6 Å². The van der Waals surface area contributed by atoms with Crippen molar-refractivity contribution in [3.63, 3.8) is 0 Å². The minimum absolute atomic E-state index is 0.152. The van der Waals surface area contributed by atoms with Gasteiger partial charge >= 0.3 is 6.03 Å². The third-order valence-corrected chi connectivity index (χ3v) is 4.34. The van der Waals surface area contributed by atoms with E-state index in [1.54, 1.807) is 6.92 Å². The van der Waals surface area contributed by atoms with E-state index in [-0.39, 0.29) is 12.6 Å². The molecule has 0 aliphatic heterocycles. The topological polar surface area (TPSA) is 61.4 Å². The lowest BCUT2D eigenvalue weighted by Gasteiger charge is -2.23. The highest BCUT2D eigenvalue weighted by Gasteiger charge is 2.24. The Hall–Kier alpha value is -1.85. The van der Waals surface area contributed by atoms with Crippen LogP contribution in [0, 0.1) is 20.8 Å². The predicted octanol–water partition coefficient (Wildman–Crippen LogP) is 3.70. The summed E-state index contributed by atoms with van der Waals surface area (Å²) in [5.74, 6) is 0. The second-order valence-electron chi connectivity index (χ2n) is 5.87. The first-order valence-corrected chi connectivity index (χ1v) is 8.11. The van der Waals surface area contributed by atoms with Gasteiger partial charge in [-0.1, -0.05) is 17.7 Å². The van der Waals surface area contributed by atoms with Crippen molar-refractivity contribution in [1.29, 1.82) is 0 Å². The van der Waals surface area contributed by atoms with E-state index in [0.29, 0.717) is 0 Å². The second kappa shape index (κ2) is 6.50. The number of amides is 2. The molecule has 0 bridgehead atoms. The number of carbonyl (C=O) groups excluding carboxylic acids is 1. The van der Waals surface area contributed by atoms with Crippen LogP contribution in [0.1, 0.15) is 29.2 Å². The Bertz CT molecular complexity index is 640. The van der Waals surface area contributed by atoms with Crippen LogP contribution in [-0.4, -0.2) is 17.7 Å². The summed E-state index contributed by atoms with van der Waals surface area (Å²) in [7, 11) is 0. The van der Waals surface area contributed by atoms with Gasteiger partial charge in [0.15, 0.2) is 0 Å². The van der Waals surface area contributed by atoms with Crippen LogP contribution in [0.15, 0.2) is 29.0 Å². The standard InChI is InChI=1S/C17H22N2O2S/c1-11-7-12(2)15(13(3)8-11)19-16(20)18-10-17(4,21)14-5-6-22-9-14/h5-9,21H,10H2,1-4H3,(H2,18,19,20). The third kappa shape index (κ3) is 3.87. The number of rotatable bonds is 4. The Morgan fingerprint density at radius 2 is 1.91 bits per heavy atom. The fourth-order valence-electron chi connectivity index (χ4n) is 2.46. The third-order valence-electron chi connectivity index (χ3n) is 3.65. The number of thiophene rings is 1. The van der Waals surface area contributed by atoms with Gasteiger partial charge in [-0.25, -0.2) is 4.79 Å². The van der Waals surface area contributed by atoms with Gasteiger partial charge in [0.1, 0.15) is 5.60 Å². The van der Waals surface area contributed by atoms with Crippen LogP contribution in [-0.2, 0) is 5.60 Å². The molecule has 1 unspecified atom stereocenters. The van der Waals surface area contributed by atoms with E-state index in [0.717, 1.165) is 22.4 Å². The number of carbonyl (C=O) groups is 1. The summed E-state index contributed by atoms with van der Waals surface area (Å²) in [6, 6.07) is 5.61. The first kappa shape index (κ1) is 16.5. The highest BCUT2D eigenvalue weighted by atomic mass is 32.1. The second-order valence-corrected chi connectivity index (χ2v) is 6.65. The van der Waals surface area contributed by atoms with E-state index >= 15 is 0 Å². The van der Waals surface area contributed by atoms with E-state index in [4.69, 9.17) is 0 Å². The summed E-state index contributed by atoms with van der Waals surface area (Å²) in [6.07, 6.45) is 0. The molecule has 0 spiro atoms. The molecule has 0 aliphatic rings. The van der Waals surface area contributed by atoms with Gasteiger partial charge in [-0.3, -0.25) is 0 Å². The Balaban J connectivity index is 2.00. The van der Waals surface area contributed by atoms with Crippen molar-refractivity contribution in [2.45, 2.75) is 33.3 Å². The van der Waals surface area contributed by atoms with Crippen LogP contribution in [0.2, 0.25) is 0 Å². The fraction of sp³-hybridized carbons (Fsp3) is 0.353. The van der Waals surface area contributed by atoms with Crippen LogP contribution >= 0.6 is 11.3 Å². The number of hydrogen-bond donors (Lipinski definition) is 3. The number of aryl methyl sites for hydroxylation is 3. The molecule has 0 saturated carbocycles. The molecule has 5 heteroatoms. The van der Waals surface area contributed by atoms with Crippen LogP contribution in [0.3, 0.4) is 0 Å². The molecule has 0 fully saturated rings. The zero-order valence-electron chi connectivity index (χ0n) is 13.4. The Morgan fingerprint density at radius 3 is 2.45 bits per heavy atom. The molecule has 0 saturated heterocycles. The van der Waals surface area contributed by atoms with Gasteiger partial charge in [-0.15, -0.1) is 0 Å². The van der Waals surface area contributed by atoms with Crippen molar-refractivity contribution < 1.29 is 9.90 Å². The number of aliphatic hydroxyl groups is 1. The van der Waals surface area contributed by atoms with Gasteiger partial charge in [-0.05, 0) is 61.2 Å². The number of urea groups is 1. The minimum atomic E-state index is -1.07. The summed E-state index contributed by atoms with van der Waals surface area (Å²) in [4.78, 5) is 12.1. The molecule has 1 atom stereocenters. The zero-order valence-corrected chi connectivity index (χ0v) is 14.2. The first-order chi connectivity index (χ1) is 10.3. The highest BCUT2D eigenvalue weighted by molar-refractivity contribution is 7.08. The SMILES string of the molecule is Cc1cc(C)c(NC(=O)NCC(C)(O)c2ccsc2)c(C)c1.